The lowest BCUT2D eigenvalue weighted by Gasteiger charge is -2.11. The number of hydrogen-bond donors (Lipinski definition) is 3. The van der Waals surface area contributed by atoms with Crippen LogP contribution in [0.1, 0.15) is 16.7 Å². The van der Waals surface area contributed by atoms with Crippen LogP contribution in [0.5, 0.6) is 0 Å². The van der Waals surface area contributed by atoms with Crippen LogP contribution in [-0.2, 0) is 11.2 Å². The molecule has 26 heavy (non-hydrogen) atoms. The number of nitrogens with zero attached hydrogens (tertiary/aromatic N) is 1. The van der Waals surface area contributed by atoms with E-state index in [2.05, 4.69) is 10.3 Å². The predicted molar refractivity (Wildman–Crippen MR) is 99.8 cm³/mol. The molecular weight excluding hydrogens is 331 g/mol. The second kappa shape index (κ2) is 7.57. The molecule has 1 aromatic heterocycles. The van der Waals surface area contributed by atoms with Crippen molar-refractivity contribution in [1.29, 1.82) is 5.41 Å². The predicted octanol–water partition coefficient (Wildman–Crippen LogP) is 3.40. The Bertz CT molecular complexity index is 957. The van der Waals surface area contributed by atoms with Crippen LogP contribution < -0.4 is 11.1 Å². The Hall–Kier alpha value is -3.54. The molecule has 0 spiro atoms. The SMILES string of the molecule is N=C(c1cccc(F)c1)c1cc(NC(=O)Cc2ccncc2)ccc1N. The van der Waals surface area contributed by atoms with Gasteiger partial charge in [0.25, 0.3) is 0 Å². The number of halogens is 1. The third-order valence-electron chi connectivity index (χ3n) is 3.83. The fourth-order valence-corrected chi connectivity index (χ4v) is 2.54. The van der Waals surface area contributed by atoms with Crippen molar-refractivity contribution in [2.24, 2.45) is 0 Å². The number of benzene rings is 2. The van der Waals surface area contributed by atoms with Gasteiger partial charge in [-0.15, -0.1) is 0 Å². The number of rotatable bonds is 5. The molecule has 130 valence electrons. The van der Waals surface area contributed by atoms with E-state index in [1.165, 1.54) is 18.2 Å². The number of nitrogens with two attached hydrogens (primary N) is 1. The zero-order valence-electron chi connectivity index (χ0n) is 13.9. The average molecular weight is 348 g/mol. The van der Waals surface area contributed by atoms with Gasteiger partial charge in [0.15, 0.2) is 0 Å². The van der Waals surface area contributed by atoms with Crippen LogP contribution in [0, 0.1) is 11.2 Å². The van der Waals surface area contributed by atoms with Crippen molar-refractivity contribution in [3.8, 4) is 0 Å². The van der Waals surface area contributed by atoms with E-state index in [9.17, 15) is 9.18 Å². The quantitative estimate of drug-likeness (QED) is 0.487. The number of nitrogens with one attached hydrogen (secondary N) is 2. The number of anilines is 2. The Labute approximate surface area is 150 Å². The molecule has 5 nitrogen and oxygen atoms in total. The van der Waals surface area contributed by atoms with E-state index in [0.717, 1.165) is 5.56 Å². The molecule has 6 heteroatoms. The molecule has 3 aromatic rings. The van der Waals surface area contributed by atoms with Crippen molar-refractivity contribution in [2.75, 3.05) is 11.1 Å². The Morgan fingerprint density at radius 1 is 1.12 bits per heavy atom. The van der Waals surface area contributed by atoms with Gasteiger partial charge in [-0.25, -0.2) is 4.39 Å². The summed E-state index contributed by atoms with van der Waals surface area (Å²) in [7, 11) is 0. The maximum atomic E-state index is 13.4. The molecule has 0 aliphatic rings. The lowest BCUT2D eigenvalue weighted by atomic mass is 10.00. The van der Waals surface area contributed by atoms with Crippen molar-refractivity contribution >= 4 is 23.0 Å². The molecule has 0 fully saturated rings. The first kappa shape index (κ1) is 17.3. The van der Waals surface area contributed by atoms with E-state index in [0.29, 0.717) is 22.5 Å². The molecule has 3 rings (SSSR count). The van der Waals surface area contributed by atoms with E-state index in [1.54, 1.807) is 48.8 Å². The lowest BCUT2D eigenvalue weighted by molar-refractivity contribution is -0.115. The zero-order valence-corrected chi connectivity index (χ0v) is 13.9. The molecule has 0 aliphatic heterocycles. The summed E-state index contributed by atoms with van der Waals surface area (Å²) >= 11 is 0. The molecule has 0 saturated carbocycles. The number of carbonyl (C=O) groups is 1. The van der Waals surface area contributed by atoms with Crippen molar-refractivity contribution in [3.63, 3.8) is 0 Å². The molecule has 0 saturated heterocycles. The molecule has 4 N–H and O–H groups in total. The molecular formula is C20H17FN4O. The third-order valence-corrected chi connectivity index (χ3v) is 3.83. The van der Waals surface area contributed by atoms with Gasteiger partial charge in [-0.1, -0.05) is 12.1 Å². The summed E-state index contributed by atoms with van der Waals surface area (Å²) < 4.78 is 13.4. The summed E-state index contributed by atoms with van der Waals surface area (Å²) in [5.74, 6) is -0.614. The average Bonchev–Trinajstić information content (AvgIpc) is 2.63. The highest BCUT2D eigenvalue weighted by Gasteiger charge is 2.12. The smallest absolute Gasteiger partial charge is 0.228 e. The van der Waals surface area contributed by atoms with E-state index in [-0.39, 0.29) is 18.0 Å². The summed E-state index contributed by atoms with van der Waals surface area (Å²) in [5.41, 5.74) is 8.65. The summed E-state index contributed by atoms with van der Waals surface area (Å²) in [6.07, 6.45) is 3.47. The van der Waals surface area contributed by atoms with Crippen LogP contribution in [0.2, 0.25) is 0 Å². The third kappa shape index (κ3) is 4.10. The number of pyridine rings is 1. The number of nitrogen functional groups attached to an aromatic ring is 1. The first-order valence-corrected chi connectivity index (χ1v) is 7.96. The Balaban J connectivity index is 1.79. The minimum atomic E-state index is -0.423. The number of hydrogen-bond acceptors (Lipinski definition) is 4. The van der Waals surface area contributed by atoms with Crippen LogP contribution in [0.15, 0.2) is 67.0 Å². The molecule has 0 radical (unpaired) electrons. The van der Waals surface area contributed by atoms with Gasteiger partial charge in [0.05, 0.1) is 12.1 Å². The Kier molecular flexibility index (Phi) is 5.03. The fourth-order valence-electron chi connectivity index (χ4n) is 2.54. The molecule has 1 heterocycles. The van der Waals surface area contributed by atoms with Crippen LogP contribution in [0.3, 0.4) is 0 Å². The van der Waals surface area contributed by atoms with Gasteiger partial charge >= 0.3 is 0 Å². The van der Waals surface area contributed by atoms with E-state index in [1.807, 2.05) is 0 Å². The molecule has 0 atom stereocenters. The van der Waals surface area contributed by atoms with Crippen LogP contribution in [0.25, 0.3) is 0 Å². The zero-order chi connectivity index (χ0) is 18.5. The van der Waals surface area contributed by atoms with E-state index >= 15 is 0 Å². The lowest BCUT2D eigenvalue weighted by Crippen LogP contribution is -2.15. The Morgan fingerprint density at radius 3 is 2.62 bits per heavy atom. The number of carbonyl (C=O) groups excluding carboxylic acids is 1. The summed E-state index contributed by atoms with van der Waals surface area (Å²) in [6.45, 7) is 0. The molecule has 0 aliphatic carbocycles. The highest BCUT2D eigenvalue weighted by atomic mass is 19.1. The van der Waals surface area contributed by atoms with Crippen molar-refractivity contribution in [3.05, 3.63) is 89.5 Å². The number of amides is 1. The summed E-state index contributed by atoms with van der Waals surface area (Å²) in [6, 6.07) is 14.2. The van der Waals surface area contributed by atoms with Gasteiger partial charge in [0.1, 0.15) is 5.82 Å². The summed E-state index contributed by atoms with van der Waals surface area (Å²) in [5, 5.41) is 11.1. The largest absolute Gasteiger partial charge is 0.398 e. The molecule has 0 bridgehead atoms. The minimum Gasteiger partial charge on any atom is -0.398 e. The minimum absolute atomic E-state index is 0.0900. The van der Waals surface area contributed by atoms with E-state index < -0.39 is 5.82 Å². The normalized spacial score (nSPS) is 10.3. The van der Waals surface area contributed by atoms with Gasteiger partial charge in [0.2, 0.25) is 5.91 Å². The van der Waals surface area contributed by atoms with E-state index in [4.69, 9.17) is 11.1 Å². The molecule has 2 aromatic carbocycles. The van der Waals surface area contributed by atoms with Gasteiger partial charge in [0, 0.05) is 34.9 Å². The fraction of sp³-hybridized carbons (Fsp3) is 0.0500. The van der Waals surface area contributed by atoms with Crippen LogP contribution in [-0.4, -0.2) is 16.6 Å². The highest BCUT2D eigenvalue weighted by Crippen LogP contribution is 2.22. The topological polar surface area (TPSA) is 91.9 Å². The molecule has 0 unspecified atom stereocenters. The molecule has 1 amide bonds. The highest BCUT2D eigenvalue weighted by molar-refractivity contribution is 6.14. The van der Waals surface area contributed by atoms with Gasteiger partial charge < -0.3 is 11.1 Å². The second-order valence-electron chi connectivity index (χ2n) is 5.77. The number of aromatic nitrogens is 1. The van der Waals surface area contributed by atoms with Crippen molar-refractivity contribution < 1.29 is 9.18 Å². The van der Waals surface area contributed by atoms with Crippen molar-refractivity contribution in [2.45, 2.75) is 6.42 Å². The maximum absolute atomic E-state index is 13.4. The Morgan fingerprint density at radius 2 is 1.88 bits per heavy atom. The van der Waals surface area contributed by atoms with Crippen LogP contribution in [0.4, 0.5) is 15.8 Å². The first-order chi connectivity index (χ1) is 12.5. The van der Waals surface area contributed by atoms with Crippen molar-refractivity contribution in [1.82, 2.24) is 4.98 Å². The summed E-state index contributed by atoms with van der Waals surface area (Å²) in [4.78, 5) is 16.1. The van der Waals surface area contributed by atoms with Gasteiger partial charge in [-0.05, 0) is 48.0 Å². The van der Waals surface area contributed by atoms with Gasteiger partial charge in [-0.2, -0.15) is 0 Å². The first-order valence-electron chi connectivity index (χ1n) is 7.96. The monoisotopic (exact) mass is 348 g/mol. The standard InChI is InChI=1S/C20H17FN4O/c21-15-3-1-2-14(11-15)20(23)17-12-16(4-5-18(17)22)25-19(26)10-13-6-8-24-9-7-13/h1-9,11-12,23H,10,22H2,(H,25,26). The second-order valence-corrected chi connectivity index (χ2v) is 5.77. The van der Waals surface area contributed by atoms with Gasteiger partial charge in [-0.3, -0.25) is 15.2 Å². The maximum Gasteiger partial charge on any atom is 0.228 e. The van der Waals surface area contributed by atoms with Crippen LogP contribution >= 0.6 is 0 Å².